The van der Waals surface area contributed by atoms with Crippen LogP contribution >= 0.6 is 0 Å². The monoisotopic (exact) mass is 560 g/mol. The number of allylic oxidation sites excluding steroid dienone is 4. The molecule has 1 aromatic heterocycles. The van der Waals surface area contributed by atoms with Gasteiger partial charge in [0.05, 0.1) is 11.2 Å². The number of aromatic nitrogens is 1. The van der Waals surface area contributed by atoms with Crippen LogP contribution in [0.4, 0.5) is 0 Å². The molecule has 0 bridgehead atoms. The van der Waals surface area contributed by atoms with Crippen LogP contribution in [0, 0.1) is 6.92 Å². The molecule has 1 aliphatic heterocycles. The third kappa shape index (κ3) is 5.95. The Morgan fingerprint density at radius 1 is 0.837 bits per heavy atom. The molecule has 5 aromatic rings. The zero-order valence-corrected chi connectivity index (χ0v) is 24.3. The zero-order valence-electron chi connectivity index (χ0n) is 24.3. The van der Waals surface area contributed by atoms with Gasteiger partial charge in [-0.15, -0.1) is 0 Å². The molecule has 5 N–H and O–H groups in total. The number of nitrogens with two attached hydrogens (primary N) is 2. The third-order valence-electron chi connectivity index (χ3n) is 7.93. The third-order valence-corrected chi connectivity index (χ3v) is 7.93. The molecule has 1 aliphatic rings. The van der Waals surface area contributed by atoms with Gasteiger partial charge in [-0.2, -0.15) is 0 Å². The second kappa shape index (κ2) is 12.6. The molecule has 4 nitrogen and oxygen atoms in total. The van der Waals surface area contributed by atoms with E-state index in [1.807, 2.05) is 24.4 Å². The van der Waals surface area contributed by atoms with Crippen LogP contribution in [-0.4, -0.2) is 10.6 Å². The Hall–Kier alpha value is -5.48. The standard InChI is InChI=1S/C39H36N4/c1-28-36-18-5-6-19-39(36)43(38(28)22-23-40)35-17-10-14-31(26-35)32(20-21-34-16-7-8-24-42-34)27-37(41)33-15-9-13-30(25-33)29-11-3-2-4-12-29/h2-20,22-27,34,42H,21,40-41H2,1H3/b23-22-,32-20+,37-27-. The maximum absolute atomic E-state index is 6.83. The molecule has 4 aromatic carbocycles. The van der Waals surface area contributed by atoms with E-state index in [0.29, 0.717) is 0 Å². The van der Waals surface area contributed by atoms with Crippen LogP contribution in [0.2, 0.25) is 0 Å². The molecular formula is C39H36N4. The SMILES string of the molecule is Cc1c(/C=C\N)n(-c2cccc(C(/C=C(\N)c3cccc(-c4ccccc4)c3)=C/CC3C=CC=CN3)c2)c2ccccc12. The molecule has 1 unspecified atom stereocenters. The summed E-state index contributed by atoms with van der Waals surface area (Å²) in [6, 6.07) is 36.2. The largest absolute Gasteiger partial charge is 0.405 e. The van der Waals surface area contributed by atoms with E-state index >= 15 is 0 Å². The summed E-state index contributed by atoms with van der Waals surface area (Å²) in [5.74, 6) is 0. The first-order chi connectivity index (χ1) is 21.1. The molecule has 0 amide bonds. The Labute approximate surface area is 253 Å². The van der Waals surface area contributed by atoms with E-state index in [4.69, 9.17) is 11.5 Å². The predicted molar refractivity (Wildman–Crippen MR) is 183 cm³/mol. The summed E-state index contributed by atoms with van der Waals surface area (Å²) in [5.41, 5.74) is 23.4. The number of fused-ring (bicyclic) bond motifs is 1. The fraction of sp³-hybridized carbons (Fsp3) is 0.0769. The van der Waals surface area contributed by atoms with Crippen LogP contribution in [0.5, 0.6) is 0 Å². The van der Waals surface area contributed by atoms with Crippen molar-refractivity contribution >= 4 is 28.2 Å². The van der Waals surface area contributed by atoms with E-state index in [-0.39, 0.29) is 6.04 Å². The average molecular weight is 561 g/mol. The minimum absolute atomic E-state index is 0.219. The van der Waals surface area contributed by atoms with E-state index < -0.39 is 0 Å². The first kappa shape index (κ1) is 27.7. The Morgan fingerprint density at radius 2 is 1.60 bits per heavy atom. The summed E-state index contributed by atoms with van der Waals surface area (Å²) in [4.78, 5) is 0. The summed E-state index contributed by atoms with van der Waals surface area (Å²) in [6.07, 6.45) is 17.1. The van der Waals surface area contributed by atoms with Gasteiger partial charge in [0.15, 0.2) is 0 Å². The van der Waals surface area contributed by atoms with Gasteiger partial charge in [0.1, 0.15) is 0 Å². The number of rotatable bonds is 8. The van der Waals surface area contributed by atoms with Crippen molar-refractivity contribution in [1.82, 2.24) is 9.88 Å². The van der Waals surface area contributed by atoms with Gasteiger partial charge in [0, 0.05) is 22.8 Å². The Bertz CT molecular complexity index is 1900. The van der Waals surface area contributed by atoms with Crippen molar-refractivity contribution in [2.75, 3.05) is 0 Å². The van der Waals surface area contributed by atoms with E-state index in [2.05, 4.69) is 138 Å². The normalized spacial score (nSPS) is 15.3. The minimum Gasteiger partial charge on any atom is -0.405 e. The van der Waals surface area contributed by atoms with Crippen molar-refractivity contribution in [1.29, 1.82) is 0 Å². The molecule has 0 aliphatic carbocycles. The number of nitrogens with zero attached hydrogens (tertiary/aromatic N) is 1. The van der Waals surface area contributed by atoms with Gasteiger partial charge in [-0.05, 0) is 102 Å². The molecule has 0 saturated heterocycles. The molecule has 1 atom stereocenters. The highest BCUT2D eigenvalue weighted by Gasteiger charge is 2.15. The highest BCUT2D eigenvalue weighted by molar-refractivity contribution is 5.90. The highest BCUT2D eigenvalue weighted by atomic mass is 15.0. The fourth-order valence-electron chi connectivity index (χ4n) is 5.72. The van der Waals surface area contributed by atoms with E-state index in [1.54, 1.807) is 6.20 Å². The first-order valence-electron chi connectivity index (χ1n) is 14.6. The molecule has 212 valence electrons. The van der Waals surface area contributed by atoms with Gasteiger partial charge >= 0.3 is 0 Å². The van der Waals surface area contributed by atoms with E-state index in [9.17, 15) is 0 Å². The minimum atomic E-state index is 0.219. The van der Waals surface area contributed by atoms with Gasteiger partial charge in [-0.1, -0.05) is 97.1 Å². The van der Waals surface area contributed by atoms with Crippen molar-refractivity contribution in [3.8, 4) is 16.8 Å². The van der Waals surface area contributed by atoms with Crippen LogP contribution in [0.25, 0.3) is 45.1 Å². The summed E-state index contributed by atoms with van der Waals surface area (Å²) in [7, 11) is 0. The van der Waals surface area contributed by atoms with Crippen molar-refractivity contribution in [2.24, 2.45) is 11.5 Å². The average Bonchev–Trinajstić information content (AvgIpc) is 3.35. The second-order valence-electron chi connectivity index (χ2n) is 10.7. The second-order valence-corrected chi connectivity index (χ2v) is 10.7. The maximum Gasteiger partial charge on any atom is 0.0537 e. The molecule has 0 saturated carbocycles. The van der Waals surface area contributed by atoms with Gasteiger partial charge in [-0.3, -0.25) is 0 Å². The Morgan fingerprint density at radius 3 is 2.42 bits per heavy atom. The summed E-state index contributed by atoms with van der Waals surface area (Å²) < 4.78 is 2.28. The van der Waals surface area contributed by atoms with Gasteiger partial charge < -0.3 is 21.4 Å². The Balaban J connectivity index is 1.44. The number of nitrogens with one attached hydrogen (secondary N) is 1. The molecule has 43 heavy (non-hydrogen) atoms. The molecule has 0 radical (unpaired) electrons. The summed E-state index contributed by atoms with van der Waals surface area (Å²) in [5, 5.41) is 4.64. The van der Waals surface area contributed by atoms with Crippen molar-refractivity contribution in [3.63, 3.8) is 0 Å². The van der Waals surface area contributed by atoms with Gasteiger partial charge in [-0.25, -0.2) is 0 Å². The fourth-order valence-corrected chi connectivity index (χ4v) is 5.72. The highest BCUT2D eigenvalue weighted by Crippen LogP contribution is 2.32. The van der Waals surface area contributed by atoms with E-state index in [0.717, 1.165) is 51.3 Å². The topological polar surface area (TPSA) is 69.0 Å². The summed E-state index contributed by atoms with van der Waals surface area (Å²) >= 11 is 0. The van der Waals surface area contributed by atoms with E-state index in [1.165, 1.54) is 16.5 Å². The quantitative estimate of drug-likeness (QED) is 0.167. The zero-order chi connectivity index (χ0) is 29.6. The lowest BCUT2D eigenvalue weighted by Gasteiger charge is -2.16. The number of dihydropyridines is 1. The number of aryl methyl sites for hydroxylation is 1. The number of para-hydroxylation sites is 1. The lowest BCUT2D eigenvalue weighted by molar-refractivity contribution is 0.704. The smallest absolute Gasteiger partial charge is 0.0537 e. The van der Waals surface area contributed by atoms with Crippen LogP contribution < -0.4 is 16.8 Å². The molecule has 0 spiro atoms. The van der Waals surface area contributed by atoms with Gasteiger partial charge in [0.25, 0.3) is 0 Å². The van der Waals surface area contributed by atoms with Gasteiger partial charge in [0.2, 0.25) is 0 Å². The Kier molecular flexibility index (Phi) is 8.10. The molecular weight excluding hydrogens is 524 g/mol. The van der Waals surface area contributed by atoms with Crippen LogP contribution in [0.15, 0.2) is 146 Å². The predicted octanol–water partition coefficient (Wildman–Crippen LogP) is 8.35. The van der Waals surface area contributed by atoms with Crippen LogP contribution in [0.1, 0.15) is 28.8 Å². The van der Waals surface area contributed by atoms with Crippen molar-refractivity contribution < 1.29 is 0 Å². The molecule has 2 heterocycles. The molecule has 6 rings (SSSR count). The number of benzene rings is 4. The molecule has 0 fully saturated rings. The lowest BCUT2D eigenvalue weighted by atomic mass is 9.97. The van der Waals surface area contributed by atoms with Crippen molar-refractivity contribution in [3.05, 3.63) is 168 Å². The maximum atomic E-state index is 6.83. The van der Waals surface area contributed by atoms with Crippen molar-refractivity contribution in [2.45, 2.75) is 19.4 Å². The van der Waals surface area contributed by atoms with Crippen LogP contribution in [-0.2, 0) is 0 Å². The molecule has 4 heteroatoms. The van der Waals surface area contributed by atoms with Crippen LogP contribution in [0.3, 0.4) is 0 Å². The first-order valence-corrected chi connectivity index (χ1v) is 14.6. The summed E-state index contributed by atoms with van der Waals surface area (Å²) in [6.45, 7) is 2.15. The lowest BCUT2D eigenvalue weighted by Crippen LogP contribution is -2.22. The number of hydrogen-bond donors (Lipinski definition) is 3. The number of hydrogen-bond acceptors (Lipinski definition) is 3.